The van der Waals surface area contributed by atoms with Crippen LogP contribution in [0.2, 0.25) is 0 Å². The van der Waals surface area contributed by atoms with Crippen LogP contribution in [0.25, 0.3) is 0 Å². The molecule has 0 unspecified atom stereocenters. The maximum atomic E-state index is 7.64. The summed E-state index contributed by atoms with van der Waals surface area (Å²) in [6.07, 6.45) is 4.53. The van der Waals surface area contributed by atoms with Gasteiger partial charge in [0.15, 0.2) is 0 Å². The summed E-state index contributed by atoms with van der Waals surface area (Å²) in [7, 11) is 0. The van der Waals surface area contributed by atoms with Gasteiger partial charge in [0.05, 0.1) is 6.54 Å². The van der Waals surface area contributed by atoms with Crippen molar-refractivity contribution < 1.29 is 0 Å². The first kappa shape index (κ1) is 3.52. The molecular weight excluding hydrogens is 50.0 g/mol. The summed E-state index contributed by atoms with van der Waals surface area (Å²) in [5, 5.41) is 0. The van der Waals surface area contributed by atoms with E-state index < -0.39 is 0 Å². The SMILES string of the molecule is C#CC[N]. The molecule has 0 heterocycles. The second kappa shape index (κ2) is 2.52. The van der Waals surface area contributed by atoms with Crippen molar-refractivity contribution in [3.05, 3.63) is 0 Å². The van der Waals surface area contributed by atoms with E-state index in [1.165, 1.54) is 0 Å². The van der Waals surface area contributed by atoms with E-state index in [9.17, 15) is 0 Å². The minimum atomic E-state index is -0.153. The van der Waals surface area contributed by atoms with Gasteiger partial charge in [0, 0.05) is 0 Å². The van der Waals surface area contributed by atoms with E-state index >= 15 is 0 Å². The molecule has 1 heteroatoms. The number of hydrogen-bond acceptors (Lipinski definition) is 0. The van der Waals surface area contributed by atoms with Crippen LogP contribution in [0.5, 0.6) is 0 Å². The summed E-state index contributed by atoms with van der Waals surface area (Å²) >= 11 is 0. The standard InChI is InChI=1S/C3H3N/c1-2-3-4/h1H,3H2. The van der Waals surface area contributed by atoms with Gasteiger partial charge >= 0.3 is 0 Å². The van der Waals surface area contributed by atoms with Crippen LogP contribution in [-0.2, 0) is 0 Å². The van der Waals surface area contributed by atoms with Crippen LogP contribution in [0.3, 0.4) is 0 Å². The van der Waals surface area contributed by atoms with E-state index in [0.29, 0.717) is 0 Å². The van der Waals surface area contributed by atoms with Crippen molar-refractivity contribution in [3.8, 4) is 12.3 Å². The molecule has 0 atom stereocenters. The van der Waals surface area contributed by atoms with Crippen LogP contribution in [-0.4, -0.2) is 6.54 Å². The Bertz CT molecular complexity index is 33.0. The summed E-state index contributed by atoms with van der Waals surface area (Å²) in [5.41, 5.74) is 7.64. The Morgan fingerprint density at radius 2 is 2.25 bits per heavy atom. The van der Waals surface area contributed by atoms with Gasteiger partial charge in [0.2, 0.25) is 0 Å². The maximum absolute atomic E-state index is 7.64. The lowest BCUT2D eigenvalue weighted by atomic mass is 10.7. The van der Waals surface area contributed by atoms with Crippen LogP contribution >= 0.6 is 0 Å². The topological polar surface area (TPSA) is 22.3 Å². The molecule has 0 saturated heterocycles. The van der Waals surface area contributed by atoms with Gasteiger partial charge in [-0.3, -0.25) is 0 Å². The Kier molecular flexibility index (Phi) is 2.22. The van der Waals surface area contributed by atoms with E-state index in [-0.39, 0.29) is 6.54 Å². The summed E-state index contributed by atoms with van der Waals surface area (Å²) in [5.74, 6) is 1.99. The lowest BCUT2D eigenvalue weighted by Gasteiger charge is -1.50. The van der Waals surface area contributed by atoms with E-state index in [4.69, 9.17) is 5.73 Å². The largest absolute Gasteiger partial charge is 0.131 e. The van der Waals surface area contributed by atoms with Crippen LogP contribution in [0.15, 0.2) is 0 Å². The molecule has 1 nitrogen and oxygen atoms in total. The van der Waals surface area contributed by atoms with Crippen molar-refractivity contribution in [1.82, 2.24) is 5.73 Å². The van der Waals surface area contributed by atoms with Crippen LogP contribution in [0, 0.1) is 12.3 Å². The fourth-order valence-electron chi connectivity index (χ4n) is 0. The predicted molar refractivity (Wildman–Crippen MR) is 15.8 cm³/mol. The normalized spacial score (nSPS) is 5.00. The minimum absolute atomic E-state index is 0.153. The molecule has 0 fully saturated rings. The molecule has 0 aromatic carbocycles. The van der Waals surface area contributed by atoms with Crippen molar-refractivity contribution in [2.45, 2.75) is 0 Å². The van der Waals surface area contributed by atoms with Gasteiger partial charge in [-0.15, -0.1) is 12.2 Å². The van der Waals surface area contributed by atoms with E-state index in [1.54, 1.807) is 0 Å². The highest BCUT2D eigenvalue weighted by Crippen LogP contribution is 1.31. The molecule has 0 bridgehead atoms. The zero-order valence-electron chi connectivity index (χ0n) is 2.23. The average molecular weight is 53.1 g/mol. The molecule has 2 radical (unpaired) electrons. The second-order valence-electron chi connectivity index (χ2n) is 0.362. The molecule has 0 aliphatic rings. The first-order valence-corrected chi connectivity index (χ1v) is 0.958. The molecule has 0 amide bonds. The summed E-state index contributed by atoms with van der Waals surface area (Å²) in [4.78, 5) is 0. The molecular formula is C3H3N. The highest BCUT2D eigenvalue weighted by atomic mass is 14.5. The van der Waals surface area contributed by atoms with Crippen molar-refractivity contribution in [2.24, 2.45) is 0 Å². The Hall–Kier alpha value is -0.480. The third-order valence-corrected chi connectivity index (χ3v) is 0.0913. The Labute approximate surface area is 25.8 Å². The lowest BCUT2D eigenvalue weighted by molar-refractivity contribution is 1.24. The molecule has 0 saturated carbocycles. The highest BCUT2D eigenvalue weighted by molar-refractivity contribution is 4.83. The zero-order valence-corrected chi connectivity index (χ0v) is 2.23. The number of rotatable bonds is 0. The van der Waals surface area contributed by atoms with Gasteiger partial charge < -0.3 is 0 Å². The van der Waals surface area contributed by atoms with Gasteiger partial charge in [0.1, 0.15) is 0 Å². The van der Waals surface area contributed by atoms with E-state index in [0.717, 1.165) is 0 Å². The summed E-state index contributed by atoms with van der Waals surface area (Å²) in [6, 6.07) is 0. The Morgan fingerprint density at radius 1 is 2.00 bits per heavy atom. The highest BCUT2D eigenvalue weighted by Gasteiger charge is 1.47. The molecule has 0 aromatic heterocycles. The Balaban J connectivity index is 2.43. The van der Waals surface area contributed by atoms with Crippen molar-refractivity contribution in [1.29, 1.82) is 0 Å². The fourth-order valence-corrected chi connectivity index (χ4v) is 0. The van der Waals surface area contributed by atoms with Gasteiger partial charge in [-0.05, 0) is 0 Å². The molecule has 0 spiro atoms. The van der Waals surface area contributed by atoms with E-state index in [1.807, 2.05) is 5.92 Å². The number of nitrogens with zero attached hydrogens (tertiary/aromatic N) is 1. The smallest absolute Gasteiger partial charge is 0.0930 e. The molecule has 20 valence electrons. The third-order valence-electron chi connectivity index (χ3n) is 0.0913. The van der Waals surface area contributed by atoms with E-state index in [2.05, 4.69) is 6.42 Å². The van der Waals surface area contributed by atoms with Crippen molar-refractivity contribution >= 4 is 0 Å². The molecule has 0 rings (SSSR count). The minimum Gasteiger partial charge on any atom is -0.131 e. The van der Waals surface area contributed by atoms with Crippen molar-refractivity contribution in [3.63, 3.8) is 0 Å². The van der Waals surface area contributed by atoms with Gasteiger partial charge in [-0.2, -0.15) is 0 Å². The van der Waals surface area contributed by atoms with Crippen LogP contribution in [0.4, 0.5) is 0 Å². The number of terminal acetylenes is 1. The predicted octanol–water partition coefficient (Wildman–Crippen LogP) is -0.312. The quantitative estimate of drug-likeness (QED) is 0.338. The summed E-state index contributed by atoms with van der Waals surface area (Å²) < 4.78 is 0. The first-order valence-electron chi connectivity index (χ1n) is 0.958. The lowest BCUT2D eigenvalue weighted by Crippen LogP contribution is -1.69. The monoisotopic (exact) mass is 53.0 g/mol. The molecule has 0 aliphatic heterocycles. The van der Waals surface area contributed by atoms with Gasteiger partial charge in [-0.25, -0.2) is 0 Å². The van der Waals surface area contributed by atoms with Crippen LogP contribution < -0.4 is 5.73 Å². The molecule has 0 aromatic rings. The molecule has 0 aliphatic carbocycles. The summed E-state index contributed by atoms with van der Waals surface area (Å²) in [6.45, 7) is -0.153. The fraction of sp³-hybridized carbons (Fsp3) is 0.333. The number of hydrogen-bond donors (Lipinski definition) is 0. The first-order chi connectivity index (χ1) is 1.91. The third kappa shape index (κ3) is 1.52. The molecule has 0 N–H and O–H groups in total. The maximum Gasteiger partial charge on any atom is 0.0930 e. The van der Waals surface area contributed by atoms with Gasteiger partial charge in [-0.1, -0.05) is 5.92 Å². The average Bonchev–Trinajstić information content (AvgIpc) is 1.37. The van der Waals surface area contributed by atoms with Gasteiger partial charge in [0.25, 0.3) is 0 Å². The van der Waals surface area contributed by atoms with Crippen LogP contribution in [0.1, 0.15) is 0 Å². The molecule has 4 heavy (non-hydrogen) atoms. The Morgan fingerprint density at radius 3 is 2.25 bits per heavy atom. The zero-order chi connectivity index (χ0) is 3.41. The van der Waals surface area contributed by atoms with Crippen molar-refractivity contribution in [2.75, 3.05) is 6.54 Å². The second-order valence-corrected chi connectivity index (χ2v) is 0.362.